The van der Waals surface area contributed by atoms with Gasteiger partial charge in [0.15, 0.2) is 0 Å². The third-order valence-electron chi connectivity index (χ3n) is 2.41. The third-order valence-corrected chi connectivity index (χ3v) is 4.22. The average molecular weight is 238 g/mol. The van der Waals surface area contributed by atoms with E-state index in [9.17, 15) is 4.79 Å². The van der Waals surface area contributed by atoms with Crippen LogP contribution in [0.15, 0.2) is 22.7 Å². The molecule has 1 aliphatic rings. The van der Waals surface area contributed by atoms with Gasteiger partial charge in [-0.15, -0.1) is 10.9 Å². The molecule has 2 heterocycles. The van der Waals surface area contributed by atoms with E-state index in [1.165, 1.54) is 0 Å². The largest absolute Gasteiger partial charge is 0.398 e. The molecule has 2 rings (SSSR count). The number of amides is 1. The molecule has 1 aromatic rings. The summed E-state index contributed by atoms with van der Waals surface area (Å²) in [5.41, 5.74) is 13.7. The Morgan fingerprint density at radius 1 is 1.50 bits per heavy atom. The molecule has 5 nitrogen and oxygen atoms in total. The maximum absolute atomic E-state index is 11.3. The number of hydrogen-bond donors (Lipinski definition) is 3. The number of carbonyl (C=O) groups excluding carboxylic acids is 1. The van der Waals surface area contributed by atoms with Crippen molar-refractivity contribution in [2.75, 3.05) is 19.0 Å². The van der Waals surface area contributed by atoms with Crippen LogP contribution in [-0.4, -0.2) is 24.3 Å². The number of hydrogen-bond acceptors (Lipinski definition) is 4. The number of aromatic nitrogens is 1. The number of primary amides is 1. The van der Waals surface area contributed by atoms with Crippen molar-refractivity contribution in [2.45, 2.75) is 5.03 Å². The first-order valence-corrected chi connectivity index (χ1v) is 6.16. The van der Waals surface area contributed by atoms with Gasteiger partial charge in [-0.05, 0) is 11.5 Å². The summed E-state index contributed by atoms with van der Waals surface area (Å²) in [6, 6.07) is 1.87. The lowest BCUT2D eigenvalue weighted by atomic mass is 10.2. The first-order chi connectivity index (χ1) is 7.52. The van der Waals surface area contributed by atoms with E-state index in [-0.39, 0.29) is 5.24 Å². The van der Waals surface area contributed by atoms with E-state index in [1.54, 1.807) is 11.6 Å². The van der Waals surface area contributed by atoms with Crippen LogP contribution in [0.3, 0.4) is 0 Å². The fraction of sp³-hybridized carbons (Fsp3) is 0.200. The zero-order valence-electron chi connectivity index (χ0n) is 9.14. The Bertz CT molecular complexity index is 484. The van der Waals surface area contributed by atoms with Crippen LogP contribution in [-0.2, 0) is 0 Å². The number of nitrogens with zero attached hydrogens (tertiary/aromatic N) is 2. The molecule has 0 spiro atoms. The van der Waals surface area contributed by atoms with Crippen molar-refractivity contribution in [1.29, 1.82) is 0 Å². The van der Waals surface area contributed by atoms with E-state index in [4.69, 9.17) is 11.5 Å². The Balaban J connectivity index is 2.62. The Hall–Kier alpha value is -1.69. The van der Waals surface area contributed by atoms with E-state index in [2.05, 4.69) is 4.98 Å². The van der Waals surface area contributed by atoms with E-state index in [1.807, 2.05) is 25.1 Å². The molecule has 1 unspecified atom stereocenters. The van der Waals surface area contributed by atoms with Crippen molar-refractivity contribution in [3.8, 4) is 0 Å². The number of rotatable bonds is 1. The molecule has 0 radical (unpaired) electrons. The summed E-state index contributed by atoms with van der Waals surface area (Å²) in [5.74, 6) is 0. The van der Waals surface area contributed by atoms with E-state index in [0.29, 0.717) is 10.7 Å². The van der Waals surface area contributed by atoms with Crippen LogP contribution in [0.25, 0.3) is 5.70 Å². The summed E-state index contributed by atoms with van der Waals surface area (Å²) >= 11 is 0. The van der Waals surface area contributed by atoms with Gasteiger partial charge in [0.2, 0.25) is 0 Å². The van der Waals surface area contributed by atoms with Crippen LogP contribution in [0, 0.1) is 0 Å². The first kappa shape index (κ1) is 10.8. The lowest BCUT2D eigenvalue weighted by molar-refractivity contribution is 0.267. The molecular formula is C10H14N4OS. The molecule has 1 aliphatic heterocycles. The zero-order valence-corrected chi connectivity index (χ0v) is 10.0. The molecule has 0 aliphatic carbocycles. The molecule has 0 bridgehead atoms. The van der Waals surface area contributed by atoms with Crippen LogP contribution < -0.4 is 16.4 Å². The standard InChI is InChI=1S/C10H14N4OS/c1-14(2)7-3-4-13-9-8(7)6(11)5-16(9)10(12)15/h3-5,16H,11H2,1-2H3,(H2,12,15). The number of carbonyl (C=O) groups is 1. The predicted octanol–water partition coefficient (Wildman–Crippen LogP) is 0.857. The molecular weight excluding hydrogens is 224 g/mol. The van der Waals surface area contributed by atoms with Crippen LogP contribution in [0.1, 0.15) is 5.56 Å². The van der Waals surface area contributed by atoms with Crippen LogP contribution in [0.2, 0.25) is 0 Å². The van der Waals surface area contributed by atoms with Gasteiger partial charge in [-0.1, -0.05) is 0 Å². The van der Waals surface area contributed by atoms with E-state index in [0.717, 1.165) is 11.3 Å². The van der Waals surface area contributed by atoms with Crippen molar-refractivity contribution < 1.29 is 4.79 Å². The summed E-state index contributed by atoms with van der Waals surface area (Å²) in [6.45, 7) is 0. The molecule has 1 aromatic heterocycles. The van der Waals surface area contributed by atoms with E-state index >= 15 is 0 Å². The Kier molecular flexibility index (Phi) is 2.51. The molecule has 16 heavy (non-hydrogen) atoms. The summed E-state index contributed by atoms with van der Waals surface area (Å²) in [4.78, 5) is 17.5. The van der Waals surface area contributed by atoms with Gasteiger partial charge < -0.3 is 16.4 Å². The van der Waals surface area contributed by atoms with Gasteiger partial charge in [0, 0.05) is 31.7 Å². The van der Waals surface area contributed by atoms with Gasteiger partial charge in [-0.25, -0.2) is 0 Å². The number of fused-ring (bicyclic) bond motifs is 1. The SMILES string of the molecule is CN(C)c1ccnc2c1C(N)=C[SH]2C(N)=O. The highest BCUT2D eigenvalue weighted by Crippen LogP contribution is 2.49. The van der Waals surface area contributed by atoms with Crippen LogP contribution in [0.5, 0.6) is 0 Å². The Morgan fingerprint density at radius 2 is 2.19 bits per heavy atom. The predicted molar refractivity (Wildman–Crippen MR) is 67.6 cm³/mol. The number of anilines is 1. The zero-order chi connectivity index (χ0) is 11.9. The van der Waals surface area contributed by atoms with Gasteiger partial charge in [-0.3, -0.25) is 9.78 Å². The summed E-state index contributed by atoms with van der Waals surface area (Å²) in [7, 11) is 2.66. The summed E-state index contributed by atoms with van der Waals surface area (Å²) in [5, 5.41) is 2.08. The smallest absolute Gasteiger partial charge is 0.265 e. The number of thiol groups is 1. The minimum absolute atomic E-state index is 0.361. The second-order valence-corrected chi connectivity index (χ2v) is 5.58. The molecule has 1 amide bonds. The lowest BCUT2D eigenvalue weighted by Crippen LogP contribution is -2.13. The lowest BCUT2D eigenvalue weighted by Gasteiger charge is -2.17. The fourth-order valence-corrected chi connectivity index (χ4v) is 3.25. The molecule has 86 valence electrons. The third kappa shape index (κ3) is 1.51. The quantitative estimate of drug-likeness (QED) is 0.633. The van der Waals surface area contributed by atoms with Crippen LogP contribution >= 0.6 is 10.9 Å². The van der Waals surface area contributed by atoms with Gasteiger partial charge >= 0.3 is 0 Å². The minimum Gasteiger partial charge on any atom is -0.398 e. The fourth-order valence-electron chi connectivity index (χ4n) is 1.71. The van der Waals surface area contributed by atoms with Crippen LogP contribution in [0.4, 0.5) is 10.5 Å². The van der Waals surface area contributed by atoms with Crippen molar-refractivity contribution in [1.82, 2.24) is 4.98 Å². The maximum atomic E-state index is 11.3. The topological polar surface area (TPSA) is 85.2 Å². The number of nitrogens with two attached hydrogens (primary N) is 2. The molecule has 0 saturated heterocycles. The normalized spacial score (nSPS) is 20.1. The Labute approximate surface area is 96.5 Å². The molecule has 1 atom stereocenters. The van der Waals surface area contributed by atoms with Crippen molar-refractivity contribution in [2.24, 2.45) is 11.5 Å². The van der Waals surface area contributed by atoms with Gasteiger partial charge in [0.25, 0.3) is 5.24 Å². The highest BCUT2D eigenvalue weighted by molar-refractivity contribution is 8.32. The Morgan fingerprint density at radius 3 is 2.75 bits per heavy atom. The molecule has 0 fully saturated rings. The van der Waals surface area contributed by atoms with Crippen molar-refractivity contribution in [3.63, 3.8) is 0 Å². The first-order valence-electron chi connectivity index (χ1n) is 4.75. The molecule has 0 aromatic carbocycles. The second-order valence-electron chi connectivity index (χ2n) is 3.72. The van der Waals surface area contributed by atoms with Crippen molar-refractivity contribution in [3.05, 3.63) is 23.2 Å². The van der Waals surface area contributed by atoms with Gasteiger partial charge in [-0.2, -0.15) is 0 Å². The average Bonchev–Trinajstić information content (AvgIpc) is 2.56. The summed E-state index contributed by atoms with van der Waals surface area (Å²) in [6.07, 6.45) is 1.68. The monoisotopic (exact) mass is 238 g/mol. The summed E-state index contributed by atoms with van der Waals surface area (Å²) < 4.78 is 0. The highest BCUT2D eigenvalue weighted by Gasteiger charge is 2.27. The second kappa shape index (κ2) is 3.71. The van der Waals surface area contributed by atoms with Gasteiger partial charge in [0.05, 0.1) is 10.6 Å². The molecule has 6 heteroatoms. The minimum atomic E-state index is -1.19. The molecule has 0 saturated carbocycles. The van der Waals surface area contributed by atoms with E-state index < -0.39 is 10.9 Å². The molecule has 4 N–H and O–H groups in total. The number of pyridine rings is 1. The highest BCUT2D eigenvalue weighted by atomic mass is 32.2. The van der Waals surface area contributed by atoms with Crippen molar-refractivity contribution >= 4 is 27.5 Å². The van der Waals surface area contributed by atoms with Gasteiger partial charge in [0.1, 0.15) is 0 Å². The maximum Gasteiger partial charge on any atom is 0.265 e.